The summed E-state index contributed by atoms with van der Waals surface area (Å²) in [7, 11) is 1.32. The molecule has 0 unspecified atom stereocenters. The Labute approximate surface area is 128 Å². The average Bonchev–Trinajstić information content (AvgIpc) is 2.94. The molecule has 5 nitrogen and oxygen atoms in total. The van der Waals surface area contributed by atoms with Crippen molar-refractivity contribution in [3.63, 3.8) is 0 Å². The summed E-state index contributed by atoms with van der Waals surface area (Å²) in [6, 6.07) is 6.01. The first-order chi connectivity index (χ1) is 10.7. The van der Waals surface area contributed by atoms with Crippen molar-refractivity contribution >= 4 is 12.0 Å². The van der Waals surface area contributed by atoms with E-state index < -0.39 is 5.97 Å². The van der Waals surface area contributed by atoms with Crippen LogP contribution >= 0.6 is 0 Å². The van der Waals surface area contributed by atoms with E-state index >= 15 is 0 Å². The number of ether oxygens (including phenoxy) is 1. The number of esters is 1. The van der Waals surface area contributed by atoms with Gasteiger partial charge in [-0.05, 0) is 36.8 Å². The van der Waals surface area contributed by atoms with Gasteiger partial charge in [-0.25, -0.2) is 13.9 Å². The Balaban J connectivity index is 2.40. The van der Waals surface area contributed by atoms with E-state index in [9.17, 15) is 9.18 Å². The molecule has 0 atom stereocenters. The van der Waals surface area contributed by atoms with E-state index in [1.165, 1.54) is 25.3 Å². The van der Waals surface area contributed by atoms with Gasteiger partial charge in [0.25, 0.3) is 0 Å². The number of hydrogen-bond acceptors (Lipinski definition) is 4. The Kier molecular flexibility index (Phi) is 5.41. The predicted octanol–water partition coefficient (Wildman–Crippen LogP) is 3.07. The average molecular weight is 303 g/mol. The van der Waals surface area contributed by atoms with Gasteiger partial charge in [0.15, 0.2) is 0 Å². The van der Waals surface area contributed by atoms with Crippen molar-refractivity contribution in [2.75, 3.05) is 7.11 Å². The van der Waals surface area contributed by atoms with Crippen LogP contribution in [0.25, 0.3) is 17.3 Å². The van der Waals surface area contributed by atoms with E-state index in [1.54, 1.807) is 22.9 Å². The van der Waals surface area contributed by atoms with E-state index in [0.717, 1.165) is 18.4 Å². The molecule has 0 aliphatic heterocycles. The molecule has 1 aromatic carbocycles. The van der Waals surface area contributed by atoms with Crippen molar-refractivity contribution in [2.45, 2.75) is 26.3 Å². The van der Waals surface area contributed by atoms with Gasteiger partial charge < -0.3 is 4.74 Å². The summed E-state index contributed by atoms with van der Waals surface area (Å²) < 4.78 is 19.4. The molecule has 22 heavy (non-hydrogen) atoms. The molecule has 0 spiro atoms. The van der Waals surface area contributed by atoms with E-state index in [2.05, 4.69) is 22.0 Å². The summed E-state index contributed by atoms with van der Waals surface area (Å²) in [4.78, 5) is 11.3. The molecular formula is C16H18FN3O2. The maximum absolute atomic E-state index is 13.1. The Morgan fingerprint density at radius 1 is 1.36 bits per heavy atom. The maximum Gasteiger partial charge on any atom is 0.330 e. The van der Waals surface area contributed by atoms with Gasteiger partial charge in [0, 0.05) is 18.2 Å². The molecule has 0 saturated carbocycles. The lowest BCUT2D eigenvalue weighted by molar-refractivity contribution is -0.134. The molecule has 0 aliphatic rings. The van der Waals surface area contributed by atoms with Crippen LogP contribution in [0.2, 0.25) is 0 Å². The standard InChI is InChI=1S/C16H18FN3O2/c1-3-4-11-20-14(9-10-15(21)22-2)16(18-19-20)12-5-7-13(17)8-6-12/h5-10H,3-4,11H2,1-2H3/b10-9+. The van der Waals surface area contributed by atoms with Crippen LogP contribution in [0.15, 0.2) is 30.3 Å². The molecule has 2 aromatic rings. The summed E-state index contributed by atoms with van der Waals surface area (Å²) in [5.74, 6) is -0.762. The summed E-state index contributed by atoms with van der Waals surface area (Å²) in [6.07, 6.45) is 4.92. The Bertz CT molecular complexity index is 663. The molecule has 0 radical (unpaired) electrons. The van der Waals surface area contributed by atoms with Crippen LogP contribution in [0.3, 0.4) is 0 Å². The van der Waals surface area contributed by atoms with Crippen LogP contribution in [0.5, 0.6) is 0 Å². The van der Waals surface area contributed by atoms with E-state index in [1.807, 2.05) is 0 Å². The fraction of sp³-hybridized carbons (Fsp3) is 0.312. The number of carbonyl (C=O) groups excluding carboxylic acids is 1. The number of halogens is 1. The van der Waals surface area contributed by atoms with Gasteiger partial charge in [-0.15, -0.1) is 5.10 Å². The molecule has 116 valence electrons. The van der Waals surface area contributed by atoms with Crippen LogP contribution in [0.4, 0.5) is 4.39 Å². The largest absolute Gasteiger partial charge is 0.466 e. The highest BCUT2D eigenvalue weighted by molar-refractivity contribution is 5.88. The minimum atomic E-state index is -0.451. The van der Waals surface area contributed by atoms with Crippen LogP contribution in [0.1, 0.15) is 25.5 Å². The number of hydrogen-bond donors (Lipinski definition) is 0. The van der Waals surface area contributed by atoms with Crippen molar-refractivity contribution in [1.82, 2.24) is 15.0 Å². The second kappa shape index (κ2) is 7.49. The molecule has 0 amide bonds. The summed E-state index contributed by atoms with van der Waals surface area (Å²) >= 11 is 0. The number of aryl methyl sites for hydroxylation is 1. The zero-order valence-corrected chi connectivity index (χ0v) is 12.6. The zero-order chi connectivity index (χ0) is 15.9. The van der Waals surface area contributed by atoms with Gasteiger partial charge in [-0.1, -0.05) is 18.6 Å². The van der Waals surface area contributed by atoms with Crippen LogP contribution in [-0.4, -0.2) is 28.1 Å². The first-order valence-corrected chi connectivity index (χ1v) is 7.11. The zero-order valence-electron chi connectivity index (χ0n) is 12.6. The summed E-state index contributed by atoms with van der Waals surface area (Å²) in [6.45, 7) is 2.79. The van der Waals surface area contributed by atoms with E-state index in [-0.39, 0.29) is 5.82 Å². The Morgan fingerprint density at radius 2 is 2.09 bits per heavy atom. The number of rotatable bonds is 6. The van der Waals surface area contributed by atoms with Crippen molar-refractivity contribution in [2.24, 2.45) is 0 Å². The fourth-order valence-corrected chi connectivity index (χ4v) is 1.99. The molecule has 1 aromatic heterocycles. The van der Waals surface area contributed by atoms with Gasteiger partial charge >= 0.3 is 5.97 Å². The number of benzene rings is 1. The highest BCUT2D eigenvalue weighted by Gasteiger charge is 2.13. The highest BCUT2D eigenvalue weighted by atomic mass is 19.1. The molecule has 0 saturated heterocycles. The van der Waals surface area contributed by atoms with Crippen molar-refractivity contribution < 1.29 is 13.9 Å². The molecule has 0 N–H and O–H groups in total. The van der Waals surface area contributed by atoms with Gasteiger partial charge in [0.2, 0.25) is 0 Å². The first kappa shape index (κ1) is 15.9. The summed E-state index contributed by atoms with van der Waals surface area (Å²) in [5.41, 5.74) is 2.05. The number of carbonyl (C=O) groups is 1. The molecule has 1 heterocycles. The maximum atomic E-state index is 13.1. The van der Waals surface area contributed by atoms with Gasteiger partial charge in [0.1, 0.15) is 11.5 Å². The molecule has 0 fully saturated rings. The fourth-order valence-electron chi connectivity index (χ4n) is 1.99. The summed E-state index contributed by atoms with van der Waals surface area (Å²) in [5, 5.41) is 8.29. The number of nitrogens with zero attached hydrogens (tertiary/aromatic N) is 3. The van der Waals surface area contributed by atoms with Crippen molar-refractivity contribution in [1.29, 1.82) is 0 Å². The first-order valence-electron chi connectivity index (χ1n) is 7.11. The molecule has 0 bridgehead atoms. The van der Waals surface area contributed by atoms with Crippen LogP contribution in [-0.2, 0) is 16.1 Å². The lowest BCUT2D eigenvalue weighted by Gasteiger charge is -2.04. The second-order valence-electron chi connectivity index (χ2n) is 4.76. The van der Waals surface area contributed by atoms with Crippen LogP contribution in [0, 0.1) is 5.82 Å². The lowest BCUT2D eigenvalue weighted by Crippen LogP contribution is -2.03. The van der Waals surface area contributed by atoms with E-state index in [4.69, 9.17) is 0 Å². The monoisotopic (exact) mass is 303 g/mol. The highest BCUT2D eigenvalue weighted by Crippen LogP contribution is 2.23. The lowest BCUT2D eigenvalue weighted by atomic mass is 10.1. The number of unbranched alkanes of at least 4 members (excludes halogenated alkanes) is 1. The third-order valence-electron chi connectivity index (χ3n) is 3.19. The Hall–Kier alpha value is -2.50. The second-order valence-corrected chi connectivity index (χ2v) is 4.76. The number of aromatic nitrogens is 3. The molecule has 6 heteroatoms. The molecule has 2 rings (SSSR count). The van der Waals surface area contributed by atoms with Gasteiger partial charge in [0.05, 0.1) is 12.8 Å². The van der Waals surface area contributed by atoms with Crippen molar-refractivity contribution in [3.8, 4) is 11.3 Å². The quantitative estimate of drug-likeness (QED) is 0.608. The minimum Gasteiger partial charge on any atom is -0.466 e. The Morgan fingerprint density at radius 3 is 2.73 bits per heavy atom. The SMILES string of the molecule is CCCCn1nnc(-c2ccc(F)cc2)c1/C=C/C(=O)OC. The van der Waals surface area contributed by atoms with Gasteiger partial charge in [-0.3, -0.25) is 0 Å². The molecular weight excluding hydrogens is 285 g/mol. The third-order valence-corrected chi connectivity index (χ3v) is 3.19. The topological polar surface area (TPSA) is 57.0 Å². The van der Waals surface area contributed by atoms with Crippen molar-refractivity contribution in [3.05, 3.63) is 41.9 Å². The minimum absolute atomic E-state index is 0.311. The normalized spacial score (nSPS) is 11.0. The smallest absolute Gasteiger partial charge is 0.330 e. The molecule has 0 aliphatic carbocycles. The van der Waals surface area contributed by atoms with E-state index in [0.29, 0.717) is 17.9 Å². The number of methoxy groups -OCH3 is 1. The van der Waals surface area contributed by atoms with Gasteiger partial charge in [-0.2, -0.15) is 0 Å². The predicted molar refractivity (Wildman–Crippen MR) is 81.4 cm³/mol. The third kappa shape index (κ3) is 3.78. The van der Waals surface area contributed by atoms with Crippen LogP contribution < -0.4 is 0 Å².